The Morgan fingerprint density at radius 3 is 2.39 bits per heavy atom. The highest BCUT2D eigenvalue weighted by Crippen LogP contribution is 2.35. The molecule has 18 heavy (non-hydrogen) atoms. The fourth-order valence-electron chi connectivity index (χ4n) is 2.11. The number of rotatable bonds is 2. The van der Waals surface area contributed by atoms with Gasteiger partial charge in [0.2, 0.25) is 5.91 Å². The number of hydrogen-bond donors (Lipinski definition) is 1. The molecule has 1 fully saturated rings. The van der Waals surface area contributed by atoms with E-state index in [0.717, 1.165) is 0 Å². The van der Waals surface area contributed by atoms with E-state index in [-0.39, 0.29) is 19.3 Å². The van der Waals surface area contributed by atoms with Crippen LogP contribution in [0.4, 0.5) is 4.79 Å². The summed E-state index contributed by atoms with van der Waals surface area (Å²) in [5, 5.41) is 9.09. The zero-order chi connectivity index (χ0) is 14.1. The summed E-state index contributed by atoms with van der Waals surface area (Å²) in [7, 11) is 0. The lowest BCUT2D eigenvalue weighted by Crippen LogP contribution is -2.55. The zero-order valence-corrected chi connectivity index (χ0v) is 11.1. The van der Waals surface area contributed by atoms with Crippen LogP contribution in [0, 0.1) is 0 Å². The van der Waals surface area contributed by atoms with E-state index in [1.807, 2.05) is 0 Å². The lowest BCUT2D eigenvalue weighted by molar-refractivity contribution is -0.169. The topological polar surface area (TPSA) is 83.9 Å². The number of carbonyl (C=O) groups is 3. The van der Waals surface area contributed by atoms with E-state index in [4.69, 9.17) is 9.84 Å². The summed E-state index contributed by atoms with van der Waals surface area (Å²) in [6.07, 6.45) is -0.937. The summed E-state index contributed by atoms with van der Waals surface area (Å²) in [6.45, 7) is 6.79. The lowest BCUT2D eigenvalue weighted by Gasteiger charge is -2.34. The van der Waals surface area contributed by atoms with E-state index < -0.39 is 29.1 Å². The van der Waals surface area contributed by atoms with Crippen LogP contribution in [0.3, 0.4) is 0 Å². The molecule has 0 saturated carbocycles. The molecule has 2 amide bonds. The van der Waals surface area contributed by atoms with Crippen molar-refractivity contribution >= 4 is 18.0 Å². The molecule has 0 spiro atoms. The van der Waals surface area contributed by atoms with Crippen LogP contribution in [-0.2, 0) is 14.3 Å². The molecular weight excluding hydrogens is 238 g/mol. The average molecular weight is 257 g/mol. The molecule has 0 aliphatic carbocycles. The van der Waals surface area contributed by atoms with Crippen molar-refractivity contribution in [3.05, 3.63) is 0 Å². The molecule has 0 aromatic carbocycles. The molecule has 0 radical (unpaired) electrons. The molecule has 1 heterocycles. The van der Waals surface area contributed by atoms with Crippen LogP contribution in [0.25, 0.3) is 0 Å². The Bertz CT molecular complexity index is 384. The number of amides is 2. The highest BCUT2D eigenvalue weighted by Gasteiger charge is 2.55. The first kappa shape index (κ1) is 14.5. The van der Waals surface area contributed by atoms with Gasteiger partial charge in [-0.15, -0.1) is 0 Å². The maximum absolute atomic E-state index is 12.2. The van der Waals surface area contributed by atoms with Crippen molar-refractivity contribution in [1.29, 1.82) is 0 Å². The van der Waals surface area contributed by atoms with Crippen molar-refractivity contribution in [2.45, 2.75) is 58.1 Å². The van der Waals surface area contributed by atoms with Gasteiger partial charge in [-0.25, -0.2) is 14.5 Å². The lowest BCUT2D eigenvalue weighted by atomic mass is 9.93. The minimum absolute atomic E-state index is 0.0549. The first-order chi connectivity index (χ1) is 8.14. The summed E-state index contributed by atoms with van der Waals surface area (Å²) < 4.78 is 5.25. The number of hydrogen-bond acceptors (Lipinski definition) is 4. The van der Waals surface area contributed by atoms with Gasteiger partial charge in [-0.05, 0) is 33.6 Å². The molecule has 1 unspecified atom stereocenters. The first-order valence-electron chi connectivity index (χ1n) is 5.93. The molecule has 1 aliphatic heterocycles. The van der Waals surface area contributed by atoms with Crippen LogP contribution < -0.4 is 0 Å². The monoisotopic (exact) mass is 257 g/mol. The fraction of sp³-hybridized carbons (Fsp3) is 0.750. The van der Waals surface area contributed by atoms with Gasteiger partial charge in [-0.2, -0.15) is 0 Å². The Hall–Kier alpha value is -1.59. The Balaban J connectivity index is 3.09. The Morgan fingerprint density at radius 1 is 1.44 bits per heavy atom. The minimum atomic E-state index is -1.40. The number of carbonyl (C=O) groups excluding carboxylic acids is 2. The first-order valence-corrected chi connectivity index (χ1v) is 5.93. The fourth-order valence-corrected chi connectivity index (χ4v) is 2.11. The molecule has 6 nitrogen and oxygen atoms in total. The van der Waals surface area contributed by atoms with E-state index in [1.54, 1.807) is 27.7 Å². The minimum Gasteiger partial charge on any atom is -0.465 e. The largest absolute Gasteiger partial charge is 0.465 e. The predicted octanol–water partition coefficient (Wildman–Crippen LogP) is 1.78. The van der Waals surface area contributed by atoms with Gasteiger partial charge >= 0.3 is 12.1 Å². The standard InChI is InChI=1S/C12H19NO5/c1-5-12(9(15)18-11(2,3)4)7-6-8(14)13(12)10(16)17/h5-7H2,1-4H3,(H,16,17). The number of likely N-dealkylation sites (tertiary alicyclic amines) is 1. The second-order valence-electron chi connectivity index (χ2n) is 5.40. The maximum Gasteiger partial charge on any atom is 0.415 e. The van der Waals surface area contributed by atoms with Gasteiger partial charge in [0.25, 0.3) is 0 Å². The molecule has 1 aliphatic rings. The van der Waals surface area contributed by atoms with Gasteiger partial charge < -0.3 is 9.84 Å². The van der Waals surface area contributed by atoms with Crippen LogP contribution in [-0.4, -0.2) is 39.1 Å². The number of esters is 1. The number of carboxylic acid groups (broad SMARTS) is 1. The zero-order valence-electron chi connectivity index (χ0n) is 11.1. The van der Waals surface area contributed by atoms with Crippen molar-refractivity contribution in [1.82, 2.24) is 4.90 Å². The maximum atomic E-state index is 12.2. The molecule has 6 heteroatoms. The number of ether oxygens (including phenoxy) is 1. The van der Waals surface area contributed by atoms with Gasteiger partial charge in [0.1, 0.15) is 5.60 Å². The molecule has 102 valence electrons. The summed E-state index contributed by atoms with van der Waals surface area (Å²) in [5.74, 6) is -1.19. The van der Waals surface area contributed by atoms with E-state index in [0.29, 0.717) is 4.90 Å². The third-order valence-electron chi connectivity index (χ3n) is 2.98. The molecule has 1 atom stereocenters. The Labute approximate surface area is 106 Å². The molecule has 1 rings (SSSR count). The van der Waals surface area contributed by atoms with E-state index in [1.165, 1.54) is 0 Å². The molecule has 1 saturated heterocycles. The van der Waals surface area contributed by atoms with Crippen molar-refractivity contribution < 1.29 is 24.2 Å². The summed E-state index contributed by atoms with van der Waals surface area (Å²) in [5.41, 5.74) is -2.08. The van der Waals surface area contributed by atoms with Crippen molar-refractivity contribution in [3.8, 4) is 0 Å². The van der Waals surface area contributed by atoms with Crippen LogP contribution in [0.15, 0.2) is 0 Å². The van der Waals surface area contributed by atoms with Crippen LogP contribution in [0.2, 0.25) is 0 Å². The third-order valence-corrected chi connectivity index (χ3v) is 2.98. The second kappa shape index (κ2) is 4.59. The van der Waals surface area contributed by atoms with Gasteiger partial charge in [0.05, 0.1) is 0 Å². The number of nitrogens with zero attached hydrogens (tertiary/aromatic N) is 1. The second-order valence-corrected chi connectivity index (χ2v) is 5.40. The highest BCUT2D eigenvalue weighted by molar-refractivity contribution is 6.01. The molecule has 0 bridgehead atoms. The van der Waals surface area contributed by atoms with E-state index in [2.05, 4.69) is 0 Å². The van der Waals surface area contributed by atoms with Gasteiger partial charge in [0, 0.05) is 6.42 Å². The van der Waals surface area contributed by atoms with E-state index >= 15 is 0 Å². The molecule has 1 N–H and O–H groups in total. The van der Waals surface area contributed by atoms with Crippen LogP contribution >= 0.6 is 0 Å². The van der Waals surface area contributed by atoms with Crippen molar-refractivity contribution in [2.75, 3.05) is 0 Å². The molecular formula is C12H19NO5. The Kier molecular flexibility index (Phi) is 3.69. The predicted molar refractivity (Wildman–Crippen MR) is 63.0 cm³/mol. The normalized spacial score (nSPS) is 24.2. The third kappa shape index (κ3) is 2.47. The summed E-state index contributed by atoms with van der Waals surface area (Å²) in [6, 6.07) is 0. The van der Waals surface area contributed by atoms with Gasteiger partial charge in [-0.3, -0.25) is 4.79 Å². The summed E-state index contributed by atoms with van der Waals surface area (Å²) >= 11 is 0. The van der Waals surface area contributed by atoms with Crippen LogP contribution in [0.5, 0.6) is 0 Å². The number of imide groups is 1. The smallest absolute Gasteiger partial charge is 0.415 e. The highest BCUT2D eigenvalue weighted by atomic mass is 16.6. The molecule has 0 aromatic rings. The van der Waals surface area contributed by atoms with Crippen LogP contribution in [0.1, 0.15) is 47.0 Å². The van der Waals surface area contributed by atoms with E-state index in [9.17, 15) is 14.4 Å². The van der Waals surface area contributed by atoms with Crippen molar-refractivity contribution in [2.24, 2.45) is 0 Å². The SMILES string of the molecule is CCC1(C(=O)OC(C)(C)C)CCC(=O)N1C(=O)O. The van der Waals surface area contributed by atoms with Gasteiger partial charge in [0.15, 0.2) is 5.54 Å². The van der Waals surface area contributed by atoms with Gasteiger partial charge in [-0.1, -0.05) is 6.92 Å². The average Bonchev–Trinajstić information content (AvgIpc) is 2.54. The molecule has 0 aromatic heterocycles. The summed E-state index contributed by atoms with van der Waals surface area (Å²) in [4.78, 5) is 35.6. The van der Waals surface area contributed by atoms with Crippen molar-refractivity contribution in [3.63, 3.8) is 0 Å². The Morgan fingerprint density at radius 2 is 2.00 bits per heavy atom. The quantitative estimate of drug-likeness (QED) is 0.762.